The number of rotatable bonds is 9. The van der Waals surface area contributed by atoms with E-state index in [0.29, 0.717) is 30.6 Å². The molecular formula is C15H25NO3. The number of aliphatic hydroxyl groups excluding tert-OH is 1. The van der Waals surface area contributed by atoms with Gasteiger partial charge in [-0.2, -0.15) is 0 Å². The van der Waals surface area contributed by atoms with Gasteiger partial charge in [0.05, 0.1) is 12.3 Å². The maximum atomic E-state index is 9.75. The maximum absolute atomic E-state index is 9.75. The summed E-state index contributed by atoms with van der Waals surface area (Å²) in [6.45, 7) is 5.47. The van der Waals surface area contributed by atoms with Gasteiger partial charge >= 0.3 is 0 Å². The standard InChI is InChI=1S/C15H25NO3/c1-3-6-12(2)9-18-10-13(17)11-19-15-8-5-4-7-14(15)16/h4-5,7-8,12-13,17H,3,6,9-11,16H2,1-2H3. The van der Waals surface area contributed by atoms with Gasteiger partial charge in [-0.3, -0.25) is 0 Å². The summed E-state index contributed by atoms with van der Waals surface area (Å²) in [6, 6.07) is 7.24. The van der Waals surface area contributed by atoms with Gasteiger partial charge in [-0.25, -0.2) is 0 Å². The van der Waals surface area contributed by atoms with Crippen LogP contribution in [0.1, 0.15) is 26.7 Å². The number of hydrogen-bond donors (Lipinski definition) is 2. The van der Waals surface area contributed by atoms with Crippen LogP contribution in [0.2, 0.25) is 0 Å². The van der Waals surface area contributed by atoms with Crippen LogP contribution in [-0.4, -0.2) is 31.0 Å². The third kappa shape index (κ3) is 6.45. The Kier molecular flexibility index (Phi) is 7.30. The van der Waals surface area contributed by atoms with Gasteiger partial charge in [0.25, 0.3) is 0 Å². The van der Waals surface area contributed by atoms with E-state index < -0.39 is 6.10 Å². The Morgan fingerprint density at radius 1 is 1.21 bits per heavy atom. The van der Waals surface area contributed by atoms with Crippen LogP contribution in [-0.2, 0) is 4.74 Å². The lowest BCUT2D eigenvalue weighted by atomic mass is 10.1. The summed E-state index contributed by atoms with van der Waals surface area (Å²) in [7, 11) is 0. The molecule has 0 aromatic heterocycles. The molecule has 1 aromatic carbocycles. The Labute approximate surface area is 115 Å². The zero-order valence-corrected chi connectivity index (χ0v) is 11.8. The van der Waals surface area contributed by atoms with Crippen molar-refractivity contribution in [3.05, 3.63) is 24.3 Å². The smallest absolute Gasteiger partial charge is 0.142 e. The summed E-state index contributed by atoms with van der Waals surface area (Å²) in [6.07, 6.45) is 1.67. The summed E-state index contributed by atoms with van der Waals surface area (Å²) in [4.78, 5) is 0. The molecule has 0 amide bonds. The first-order chi connectivity index (χ1) is 9.13. The number of ether oxygens (including phenoxy) is 2. The average molecular weight is 267 g/mol. The fraction of sp³-hybridized carbons (Fsp3) is 0.600. The molecule has 0 saturated heterocycles. The Bertz CT molecular complexity index is 357. The van der Waals surface area contributed by atoms with Gasteiger partial charge in [0.15, 0.2) is 0 Å². The van der Waals surface area contributed by atoms with E-state index >= 15 is 0 Å². The lowest BCUT2D eigenvalue weighted by molar-refractivity contribution is 0.00154. The second-order valence-electron chi connectivity index (χ2n) is 4.93. The lowest BCUT2D eigenvalue weighted by Crippen LogP contribution is -2.24. The second kappa shape index (κ2) is 8.77. The maximum Gasteiger partial charge on any atom is 0.142 e. The molecule has 2 unspecified atom stereocenters. The first-order valence-electron chi connectivity index (χ1n) is 6.86. The van der Waals surface area contributed by atoms with E-state index in [1.807, 2.05) is 12.1 Å². The molecule has 1 aromatic rings. The number of para-hydroxylation sites is 2. The summed E-state index contributed by atoms with van der Waals surface area (Å²) < 4.78 is 10.9. The zero-order chi connectivity index (χ0) is 14.1. The fourth-order valence-corrected chi connectivity index (χ4v) is 1.83. The molecule has 4 heteroatoms. The number of anilines is 1. The zero-order valence-electron chi connectivity index (χ0n) is 11.8. The van der Waals surface area contributed by atoms with Gasteiger partial charge < -0.3 is 20.3 Å². The van der Waals surface area contributed by atoms with E-state index in [9.17, 15) is 5.11 Å². The average Bonchev–Trinajstić information content (AvgIpc) is 2.38. The predicted molar refractivity (Wildman–Crippen MR) is 77.2 cm³/mol. The van der Waals surface area contributed by atoms with E-state index in [1.54, 1.807) is 12.1 Å². The largest absolute Gasteiger partial charge is 0.489 e. The predicted octanol–water partition coefficient (Wildman–Crippen LogP) is 2.46. The molecule has 0 fully saturated rings. The minimum absolute atomic E-state index is 0.191. The monoisotopic (exact) mass is 267 g/mol. The summed E-state index contributed by atoms with van der Waals surface area (Å²) in [5.74, 6) is 1.13. The molecule has 1 rings (SSSR count). The van der Waals surface area contributed by atoms with Crippen LogP contribution in [0.25, 0.3) is 0 Å². The van der Waals surface area contributed by atoms with Crippen molar-refractivity contribution in [1.29, 1.82) is 0 Å². The van der Waals surface area contributed by atoms with Crippen LogP contribution in [0.15, 0.2) is 24.3 Å². The van der Waals surface area contributed by atoms with Crippen molar-refractivity contribution in [2.45, 2.75) is 32.8 Å². The number of nitrogens with two attached hydrogens (primary N) is 1. The van der Waals surface area contributed by atoms with Crippen LogP contribution in [0.3, 0.4) is 0 Å². The number of aliphatic hydroxyl groups is 1. The highest BCUT2D eigenvalue weighted by Crippen LogP contribution is 2.19. The Hall–Kier alpha value is -1.26. The lowest BCUT2D eigenvalue weighted by Gasteiger charge is -2.15. The molecule has 4 nitrogen and oxygen atoms in total. The van der Waals surface area contributed by atoms with Crippen molar-refractivity contribution < 1.29 is 14.6 Å². The van der Waals surface area contributed by atoms with Crippen molar-refractivity contribution in [2.75, 3.05) is 25.6 Å². The minimum atomic E-state index is -0.631. The molecule has 0 radical (unpaired) electrons. The van der Waals surface area contributed by atoms with Gasteiger partial charge in [-0.15, -0.1) is 0 Å². The molecular weight excluding hydrogens is 242 g/mol. The fourth-order valence-electron chi connectivity index (χ4n) is 1.83. The van der Waals surface area contributed by atoms with E-state index in [-0.39, 0.29) is 6.61 Å². The van der Waals surface area contributed by atoms with Crippen LogP contribution in [0.5, 0.6) is 5.75 Å². The molecule has 0 heterocycles. The van der Waals surface area contributed by atoms with Crippen molar-refractivity contribution in [2.24, 2.45) is 5.92 Å². The van der Waals surface area contributed by atoms with E-state index in [1.165, 1.54) is 0 Å². The Morgan fingerprint density at radius 3 is 2.63 bits per heavy atom. The SMILES string of the molecule is CCCC(C)COCC(O)COc1ccccc1N. The first kappa shape index (κ1) is 15.8. The first-order valence-corrected chi connectivity index (χ1v) is 6.86. The molecule has 0 aliphatic carbocycles. The van der Waals surface area contributed by atoms with Crippen molar-refractivity contribution in [3.8, 4) is 5.75 Å². The quantitative estimate of drug-likeness (QED) is 0.675. The van der Waals surface area contributed by atoms with Gasteiger partial charge in [0.2, 0.25) is 0 Å². The molecule has 0 aliphatic heterocycles. The summed E-state index contributed by atoms with van der Waals surface area (Å²) >= 11 is 0. The normalized spacial score (nSPS) is 14.1. The molecule has 0 bridgehead atoms. The molecule has 2 atom stereocenters. The highest BCUT2D eigenvalue weighted by atomic mass is 16.5. The Balaban J connectivity index is 2.18. The third-order valence-electron chi connectivity index (χ3n) is 2.84. The van der Waals surface area contributed by atoms with Gasteiger partial charge in [-0.05, 0) is 24.5 Å². The summed E-state index contributed by atoms with van der Waals surface area (Å²) in [5, 5.41) is 9.75. The van der Waals surface area contributed by atoms with Crippen LogP contribution in [0, 0.1) is 5.92 Å². The van der Waals surface area contributed by atoms with Crippen molar-refractivity contribution in [3.63, 3.8) is 0 Å². The topological polar surface area (TPSA) is 64.7 Å². The van der Waals surface area contributed by atoms with Gasteiger partial charge in [-0.1, -0.05) is 32.4 Å². The molecule has 3 N–H and O–H groups in total. The van der Waals surface area contributed by atoms with Crippen LogP contribution >= 0.6 is 0 Å². The molecule has 108 valence electrons. The van der Waals surface area contributed by atoms with E-state index in [4.69, 9.17) is 15.2 Å². The molecule has 0 aliphatic rings. The number of benzene rings is 1. The number of nitrogen functional groups attached to an aromatic ring is 1. The van der Waals surface area contributed by atoms with E-state index in [2.05, 4.69) is 13.8 Å². The van der Waals surface area contributed by atoms with Crippen molar-refractivity contribution in [1.82, 2.24) is 0 Å². The van der Waals surface area contributed by atoms with Crippen LogP contribution in [0.4, 0.5) is 5.69 Å². The van der Waals surface area contributed by atoms with Gasteiger partial charge in [0.1, 0.15) is 18.5 Å². The highest BCUT2D eigenvalue weighted by Gasteiger charge is 2.08. The molecule has 19 heavy (non-hydrogen) atoms. The third-order valence-corrected chi connectivity index (χ3v) is 2.84. The Morgan fingerprint density at radius 2 is 1.95 bits per heavy atom. The van der Waals surface area contributed by atoms with Crippen LogP contribution < -0.4 is 10.5 Å². The minimum Gasteiger partial charge on any atom is -0.489 e. The highest BCUT2D eigenvalue weighted by molar-refractivity contribution is 5.51. The number of hydrogen-bond acceptors (Lipinski definition) is 4. The molecule has 0 saturated carbocycles. The molecule has 0 spiro atoms. The van der Waals surface area contributed by atoms with Crippen molar-refractivity contribution >= 4 is 5.69 Å². The summed E-state index contributed by atoms with van der Waals surface area (Å²) in [5.41, 5.74) is 6.32. The van der Waals surface area contributed by atoms with E-state index in [0.717, 1.165) is 12.8 Å². The second-order valence-corrected chi connectivity index (χ2v) is 4.93. The van der Waals surface area contributed by atoms with Gasteiger partial charge in [0, 0.05) is 6.61 Å².